The van der Waals surface area contributed by atoms with Gasteiger partial charge in [-0.2, -0.15) is 0 Å². The number of rotatable bonds is 3. The highest BCUT2D eigenvalue weighted by molar-refractivity contribution is 7.99. The monoisotopic (exact) mass is 275 g/mol. The molecule has 0 amide bonds. The molecule has 0 atom stereocenters. The Morgan fingerprint density at radius 3 is 2.37 bits per heavy atom. The summed E-state index contributed by atoms with van der Waals surface area (Å²) in [5.74, 6) is -0.282. The van der Waals surface area contributed by atoms with Gasteiger partial charge in [0.05, 0.1) is 18.4 Å². The molecule has 5 heteroatoms. The smallest absolute Gasteiger partial charge is 0.337 e. The first-order valence-corrected chi connectivity index (χ1v) is 6.36. The van der Waals surface area contributed by atoms with Gasteiger partial charge in [-0.05, 0) is 42.5 Å². The highest BCUT2D eigenvalue weighted by Crippen LogP contribution is 2.32. The van der Waals surface area contributed by atoms with Crippen molar-refractivity contribution in [2.45, 2.75) is 9.79 Å². The first-order valence-electron chi connectivity index (χ1n) is 5.55. The fourth-order valence-corrected chi connectivity index (χ4v) is 2.38. The summed E-state index contributed by atoms with van der Waals surface area (Å²) in [7, 11) is 1.35. The zero-order valence-electron chi connectivity index (χ0n) is 10.3. The number of anilines is 1. The van der Waals surface area contributed by atoms with Crippen LogP contribution in [0.15, 0.2) is 52.3 Å². The third-order valence-corrected chi connectivity index (χ3v) is 3.51. The summed E-state index contributed by atoms with van der Waals surface area (Å²) in [6.07, 6.45) is 0. The normalized spacial score (nSPS) is 10.2. The number of nitrogens with two attached hydrogens (primary N) is 1. The van der Waals surface area contributed by atoms with Crippen molar-refractivity contribution in [1.29, 1.82) is 0 Å². The third-order valence-electron chi connectivity index (χ3n) is 2.51. The van der Waals surface area contributed by atoms with Crippen molar-refractivity contribution < 1.29 is 14.6 Å². The molecule has 2 rings (SSSR count). The Bertz CT molecular complexity index is 596. The van der Waals surface area contributed by atoms with Gasteiger partial charge in [0, 0.05) is 9.79 Å². The van der Waals surface area contributed by atoms with Gasteiger partial charge in [0.15, 0.2) is 0 Å². The molecule has 0 aliphatic carbocycles. The van der Waals surface area contributed by atoms with E-state index in [1.165, 1.54) is 18.9 Å². The van der Waals surface area contributed by atoms with E-state index < -0.39 is 0 Å². The Morgan fingerprint density at radius 1 is 1.16 bits per heavy atom. The summed E-state index contributed by atoms with van der Waals surface area (Å²) in [5.41, 5.74) is 6.49. The summed E-state index contributed by atoms with van der Waals surface area (Å²) in [6, 6.07) is 12.1. The highest BCUT2D eigenvalue weighted by Gasteiger charge is 2.05. The lowest BCUT2D eigenvalue weighted by Gasteiger charge is -2.05. The minimum atomic E-state index is -0.356. The van der Waals surface area contributed by atoms with Crippen molar-refractivity contribution >= 4 is 23.4 Å². The average molecular weight is 275 g/mol. The molecule has 0 radical (unpaired) electrons. The molecule has 4 nitrogen and oxygen atoms in total. The average Bonchev–Trinajstić information content (AvgIpc) is 2.43. The Balaban J connectivity index is 2.15. The Kier molecular flexibility index (Phi) is 3.97. The van der Waals surface area contributed by atoms with Crippen molar-refractivity contribution in [1.82, 2.24) is 0 Å². The van der Waals surface area contributed by atoms with E-state index in [4.69, 9.17) is 5.73 Å². The predicted molar refractivity (Wildman–Crippen MR) is 74.4 cm³/mol. The molecule has 0 bridgehead atoms. The maximum absolute atomic E-state index is 11.3. The first-order chi connectivity index (χ1) is 9.10. The van der Waals surface area contributed by atoms with Gasteiger partial charge in [-0.25, -0.2) is 4.79 Å². The standard InChI is InChI=1S/C14H13NO3S/c1-18-14(17)9-2-4-10(5-3-9)19-11-6-7-13(16)12(15)8-11/h2-8,16H,15H2,1H3. The topological polar surface area (TPSA) is 72.5 Å². The Labute approximate surface area is 115 Å². The van der Waals surface area contributed by atoms with Gasteiger partial charge in [0.1, 0.15) is 5.75 Å². The van der Waals surface area contributed by atoms with E-state index in [9.17, 15) is 9.90 Å². The van der Waals surface area contributed by atoms with Gasteiger partial charge in [-0.1, -0.05) is 11.8 Å². The third kappa shape index (κ3) is 3.20. The van der Waals surface area contributed by atoms with Crippen LogP contribution in [0.25, 0.3) is 0 Å². The van der Waals surface area contributed by atoms with Crippen LogP contribution in [0.5, 0.6) is 5.75 Å². The first kappa shape index (κ1) is 13.3. The molecule has 0 heterocycles. The number of ether oxygens (including phenoxy) is 1. The fourth-order valence-electron chi connectivity index (χ4n) is 1.51. The van der Waals surface area contributed by atoms with Crippen LogP contribution in [0.2, 0.25) is 0 Å². The van der Waals surface area contributed by atoms with Crippen molar-refractivity contribution in [3.63, 3.8) is 0 Å². The zero-order valence-corrected chi connectivity index (χ0v) is 11.1. The summed E-state index contributed by atoms with van der Waals surface area (Å²) >= 11 is 1.50. The highest BCUT2D eigenvalue weighted by atomic mass is 32.2. The van der Waals surface area contributed by atoms with E-state index in [-0.39, 0.29) is 11.7 Å². The number of benzene rings is 2. The summed E-state index contributed by atoms with van der Waals surface area (Å²) < 4.78 is 4.63. The second-order valence-corrected chi connectivity index (χ2v) is 4.99. The number of methoxy groups -OCH3 is 1. The number of aromatic hydroxyl groups is 1. The van der Waals surface area contributed by atoms with Crippen molar-refractivity contribution in [2.75, 3.05) is 12.8 Å². The number of carbonyl (C=O) groups excluding carboxylic acids is 1. The molecule has 0 saturated heterocycles. The van der Waals surface area contributed by atoms with Gasteiger partial charge in [0.2, 0.25) is 0 Å². The predicted octanol–water partition coefficient (Wildman–Crippen LogP) is 2.91. The lowest BCUT2D eigenvalue weighted by Crippen LogP contribution is -2.00. The number of phenols is 1. The van der Waals surface area contributed by atoms with Gasteiger partial charge in [0.25, 0.3) is 0 Å². The molecule has 19 heavy (non-hydrogen) atoms. The molecule has 3 N–H and O–H groups in total. The summed E-state index contributed by atoms with van der Waals surface area (Å²) in [5, 5.41) is 9.35. The molecular formula is C14H13NO3S. The molecule has 2 aromatic rings. The van der Waals surface area contributed by atoms with E-state index in [2.05, 4.69) is 4.74 Å². The minimum Gasteiger partial charge on any atom is -0.506 e. The van der Waals surface area contributed by atoms with Crippen molar-refractivity contribution in [3.05, 3.63) is 48.0 Å². The fraction of sp³-hybridized carbons (Fsp3) is 0.0714. The number of esters is 1. The quantitative estimate of drug-likeness (QED) is 0.512. The summed E-state index contributed by atoms with van der Waals surface area (Å²) in [4.78, 5) is 13.2. The molecule has 0 aromatic heterocycles. The number of hydrogen-bond donors (Lipinski definition) is 2. The largest absolute Gasteiger partial charge is 0.506 e. The molecule has 0 unspecified atom stereocenters. The van der Waals surface area contributed by atoms with E-state index in [0.29, 0.717) is 11.3 Å². The van der Waals surface area contributed by atoms with Crippen LogP contribution >= 0.6 is 11.8 Å². The summed E-state index contributed by atoms with van der Waals surface area (Å²) in [6.45, 7) is 0. The molecule has 98 valence electrons. The van der Waals surface area contributed by atoms with Crippen LogP contribution in [0.4, 0.5) is 5.69 Å². The van der Waals surface area contributed by atoms with Gasteiger partial charge < -0.3 is 15.6 Å². The Morgan fingerprint density at radius 2 is 1.79 bits per heavy atom. The number of phenolic OH excluding ortho intramolecular Hbond substituents is 1. The van der Waals surface area contributed by atoms with Gasteiger partial charge in [-0.15, -0.1) is 0 Å². The van der Waals surface area contributed by atoms with Crippen LogP contribution in [-0.2, 0) is 4.74 Å². The zero-order chi connectivity index (χ0) is 13.8. The van der Waals surface area contributed by atoms with E-state index in [1.54, 1.807) is 30.3 Å². The van der Waals surface area contributed by atoms with Crippen LogP contribution < -0.4 is 5.73 Å². The SMILES string of the molecule is COC(=O)c1ccc(Sc2ccc(O)c(N)c2)cc1. The van der Waals surface area contributed by atoms with E-state index in [1.807, 2.05) is 12.1 Å². The van der Waals surface area contributed by atoms with Crippen LogP contribution in [0.3, 0.4) is 0 Å². The molecular weight excluding hydrogens is 262 g/mol. The second kappa shape index (κ2) is 5.67. The molecule has 2 aromatic carbocycles. The van der Waals surface area contributed by atoms with Crippen molar-refractivity contribution in [3.8, 4) is 5.75 Å². The van der Waals surface area contributed by atoms with Crippen LogP contribution in [-0.4, -0.2) is 18.2 Å². The van der Waals surface area contributed by atoms with E-state index in [0.717, 1.165) is 9.79 Å². The molecule has 0 aliphatic heterocycles. The maximum atomic E-state index is 11.3. The maximum Gasteiger partial charge on any atom is 0.337 e. The molecule has 0 aliphatic rings. The van der Waals surface area contributed by atoms with Crippen molar-refractivity contribution in [2.24, 2.45) is 0 Å². The second-order valence-electron chi connectivity index (χ2n) is 3.84. The van der Waals surface area contributed by atoms with Crippen LogP contribution in [0, 0.1) is 0 Å². The minimum absolute atomic E-state index is 0.0744. The van der Waals surface area contributed by atoms with Gasteiger partial charge in [-0.3, -0.25) is 0 Å². The molecule has 0 fully saturated rings. The number of nitrogen functional groups attached to an aromatic ring is 1. The van der Waals surface area contributed by atoms with Crippen LogP contribution in [0.1, 0.15) is 10.4 Å². The molecule has 0 saturated carbocycles. The molecule has 0 spiro atoms. The lowest BCUT2D eigenvalue weighted by atomic mass is 10.2. The Hall–Kier alpha value is -2.14. The number of hydrogen-bond acceptors (Lipinski definition) is 5. The van der Waals surface area contributed by atoms with Gasteiger partial charge >= 0.3 is 5.97 Å². The van der Waals surface area contributed by atoms with E-state index >= 15 is 0 Å². The lowest BCUT2D eigenvalue weighted by molar-refractivity contribution is 0.0600. The number of carbonyl (C=O) groups is 1.